The fraction of sp³-hybridized carbons (Fsp3) is 0.514. The van der Waals surface area contributed by atoms with E-state index in [1.54, 1.807) is 7.11 Å². The summed E-state index contributed by atoms with van der Waals surface area (Å²) in [5.74, 6) is 0. The Hall–Kier alpha value is -2.47. The van der Waals surface area contributed by atoms with Crippen molar-refractivity contribution in [3.8, 4) is 0 Å². The molecule has 0 spiro atoms. The topological polar surface area (TPSA) is 94.2 Å². The molecule has 11 heteroatoms. The van der Waals surface area contributed by atoms with Crippen LogP contribution in [0.2, 0.25) is 0 Å². The van der Waals surface area contributed by atoms with Crippen molar-refractivity contribution >= 4 is 17.8 Å². The molecule has 10 nitrogen and oxygen atoms in total. The van der Waals surface area contributed by atoms with Gasteiger partial charge >= 0.3 is 0 Å². The predicted octanol–water partition coefficient (Wildman–Crippen LogP) is 4.00. The molecule has 3 aliphatic rings. The van der Waals surface area contributed by atoms with Gasteiger partial charge in [-0.25, -0.2) is 0 Å². The smallest absolute Gasteiger partial charge is 0.186 e. The maximum absolute atomic E-state index is 14.5. The van der Waals surface area contributed by atoms with Gasteiger partial charge in [-0.05, 0) is 13.0 Å². The van der Waals surface area contributed by atoms with E-state index < -0.39 is 38.0 Å². The summed E-state index contributed by atoms with van der Waals surface area (Å²) >= 11 is 0. The Morgan fingerprint density at radius 3 is 1.88 bits per heavy atom. The average Bonchev–Trinajstić information content (AvgIpc) is 3.15. The van der Waals surface area contributed by atoms with Crippen molar-refractivity contribution in [3.05, 3.63) is 96.6 Å². The van der Waals surface area contributed by atoms with Gasteiger partial charge < -0.3 is 42.5 Å². The highest BCUT2D eigenvalue weighted by Gasteiger charge is 2.51. The molecule has 1 unspecified atom stereocenters. The lowest BCUT2D eigenvalue weighted by atomic mass is 9.97. The fourth-order valence-electron chi connectivity index (χ4n) is 6.56. The molecule has 3 aromatic rings. The Balaban J connectivity index is 1.06. The normalized spacial score (nSPS) is 28.4. The van der Waals surface area contributed by atoms with Gasteiger partial charge in [0.25, 0.3) is 0 Å². The van der Waals surface area contributed by atoms with Crippen molar-refractivity contribution in [3.63, 3.8) is 0 Å². The zero-order valence-corrected chi connectivity index (χ0v) is 28.6. The summed E-state index contributed by atoms with van der Waals surface area (Å²) in [6.07, 6.45) is -1.58. The molecule has 0 bridgehead atoms. The van der Waals surface area contributed by atoms with Crippen LogP contribution in [0.15, 0.2) is 91.0 Å². The van der Waals surface area contributed by atoms with Crippen LogP contribution >= 0.6 is 7.14 Å². The summed E-state index contributed by atoms with van der Waals surface area (Å²) in [5.41, 5.74) is 0.934. The summed E-state index contributed by atoms with van der Waals surface area (Å²) in [6.45, 7) is 5.20. The molecule has 0 radical (unpaired) electrons. The number of ether oxygens (including phenoxy) is 8. The third-order valence-electron chi connectivity index (χ3n) is 9.06. The lowest BCUT2D eigenvalue weighted by Crippen LogP contribution is -2.63. The van der Waals surface area contributed by atoms with E-state index in [2.05, 4.69) is 4.90 Å². The molecular formula is C37H48NO9P. The highest BCUT2D eigenvalue weighted by atomic mass is 31.2. The number of hydrogen-bond donors (Lipinski definition) is 0. The fourth-order valence-corrected chi connectivity index (χ4v) is 9.27. The van der Waals surface area contributed by atoms with Crippen molar-refractivity contribution < 1.29 is 42.5 Å². The molecule has 0 saturated carbocycles. The second-order valence-electron chi connectivity index (χ2n) is 12.2. The van der Waals surface area contributed by atoms with E-state index in [0.29, 0.717) is 52.4 Å². The molecule has 3 saturated heterocycles. The molecule has 0 aliphatic carbocycles. The average molecular weight is 682 g/mol. The molecule has 3 fully saturated rings. The van der Waals surface area contributed by atoms with Crippen LogP contribution in [-0.4, -0.2) is 115 Å². The van der Waals surface area contributed by atoms with Gasteiger partial charge in [-0.1, -0.05) is 91.0 Å². The number of benzene rings is 3. The number of methoxy groups -OCH3 is 1. The van der Waals surface area contributed by atoms with Gasteiger partial charge in [0, 0.05) is 42.5 Å². The first-order chi connectivity index (χ1) is 23.7. The van der Waals surface area contributed by atoms with Gasteiger partial charge in [-0.15, -0.1) is 0 Å². The van der Waals surface area contributed by atoms with Crippen LogP contribution < -0.4 is 10.6 Å². The molecular weight excluding hydrogens is 633 g/mol. The van der Waals surface area contributed by atoms with Crippen molar-refractivity contribution in [2.45, 2.75) is 43.4 Å². The molecule has 0 amide bonds. The van der Waals surface area contributed by atoms with E-state index in [9.17, 15) is 4.57 Å². The van der Waals surface area contributed by atoms with Crippen LogP contribution in [0.5, 0.6) is 0 Å². The Bertz CT molecular complexity index is 1360. The highest BCUT2D eigenvalue weighted by Crippen LogP contribution is 2.44. The standard InChI is InChI=1S/C37H48NO9P/c1-40-37-35-34(33-32(46-37)28-45-36(47-33)29-12-5-2-6-13-29)43-25-23-41-21-19-38(20-22-42-24-26-44-35)18-11-27-48(39,30-14-7-3-8-15-30)31-16-9-4-10-17-31/h2-10,12-17,32-37H,11,18-28H2,1H3/t32-,33-,34+,35-,36?,37+/m1/s1. The Kier molecular flexibility index (Phi) is 13.2. The van der Waals surface area contributed by atoms with Crippen LogP contribution in [0.25, 0.3) is 0 Å². The molecule has 3 aliphatic heterocycles. The Morgan fingerprint density at radius 1 is 0.688 bits per heavy atom. The van der Waals surface area contributed by atoms with E-state index in [1.165, 1.54) is 0 Å². The van der Waals surface area contributed by atoms with Crippen LogP contribution in [-0.2, 0) is 42.5 Å². The minimum absolute atomic E-state index is 0.345. The number of nitrogens with zero attached hydrogens (tertiary/aromatic N) is 1. The van der Waals surface area contributed by atoms with Gasteiger partial charge in [-0.2, -0.15) is 0 Å². The summed E-state index contributed by atoms with van der Waals surface area (Å²) < 4.78 is 63.7. The van der Waals surface area contributed by atoms with Crippen molar-refractivity contribution in [2.75, 3.05) is 79.2 Å². The third kappa shape index (κ3) is 9.00. The maximum Gasteiger partial charge on any atom is 0.186 e. The molecule has 3 heterocycles. The van der Waals surface area contributed by atoms with Crippen molar-refractivity contribution in [1.29, 1.82) is 0 Å². The van der Waals surface area contributed by atoms with Crippen LogP contribution in [0, 0.1) is 0 Å². The molecule has 260 valence electrons. The van der Waals surface area contributed by atoms with Gasteiger partial charge in [0.15, 0.2) is 12.6 Å². The zero-order chi connectivity index (χ0) is 33.0. The summed E-state index contributed by atoms with van der Waals surface area (Å²) in [7, 11) is -1.17. The Labute approximate surface area is 283 Å². The first-order valence-electron chi connectivity index (χ1n) is 17.0. The monoisotopic (exact) mass is 681 g/mol. The van der Waals surface area contributed by atoms with E-state index in [1.807, 2.05) is 91.0 Å². The van der Waals surface area contributed by atoms with E-state index in [4.69, 9.17) is 37.9 Å². The number of rotatable bonds is 8. The third-order valence-corrected chi connectivity index (χ3v) is 12.3. The van der Waals surface area contributed by atoms with Crippen LogP contribution in [0.1, 0.15) is 18.3 Å². The molecule has 0 N–H and O–H groups in total. The van der Waals surface area contributed by atoms with Gasteiger partial charge in [0.05, 0.1) is 46.2 Å². The quantitative estimate of drug-likeness (QED) is 0.325. The largest absolute Gasteiger partial charge is 0.378 e. The lowest BCUT2D eigenvalue weighted by Gasteiger charge is -2.48. The van der Waals surface area contributed by atoms with Crippen LogP contribution in [0.3, 0.4) is 0 Å². The van der Waals surface area contributed by atoms with E-state index in [0.717, 1.165) is 42.2 Å². The molecule has 6 rings (SSSR count). The van der Waals surface area contributed by atoms with E-state index in [-0.39, 0.29) is 6.10 Å². The lowest BCUT2D eigenvalue weighted by molar-refractivity contribution is -0.368. The number of fused-ring (bicyclic) bond motifs is 3. The summed E-state index contributed by atoms with van der Waals surface area (Å²) in [4.78, 5) is 2.32. The molecule has 48 heavy (non-hydrogen) atoms. The molecule has 0 aromatic heterocycles. The summed E-state index contributed by atoms with van der Waals surface area (Å²) in [5, 5.41) is 1.80. The zero-order valence-electron chi connectivity index (χ0n) is 27.7. The predicted molar refractivity (Wildman–Crippen MR) is 182 cm³/mol. The van der Waals surface area contributed by atoms with Gasteiger partial charge in [0.2, 0.25) is 0 Å². The second-order valence-corrected chi connectivity index (χ2v) is 15.1. The highest BCUT2D eigenvalue weighted by molar-refractivity contribution is 7.78. The van der Waals surface area contributed by atoms with Crippen molar-refractivity contribution in [2.24, 2.45) is 0 Å². The Morgan fingerprint density at radius 2 is 1.27 bits per heavy atom. The van der Waals surface area contributed by atoms with E-state index >= 15 is 0 Å². The molecule has 3 aromatic carbocycles. The maximum atomic E-state index is 14.5. The summed E-state index contributed by atoms with van der Waals surface area (Å²) in [6, 6.07) is 29.6. The SMILES string of the molecule is CO[C@H]1O[C@@H]2COC(c3ccccc3)O[C@H]2[C@@H]2OCCOCCN(CCCP(=O)(c3ccccc3)c3ccccc3)CCOCCO[C@@H]12. The second kappa shape index (κ2) is 18.0. The minimum Gasteiger partial charge on any atom is -0.378 e. The van der Waals surface area contributed by atoms with Crippen LogP contribution in [0.4, 0.5) is 0 Å². The van der Waals surface area contributed by atoms with Crippen molar-refractivity contribution in [1.82, 2.24) is 4.90 Å². The number of hydrogen-bond acceptors (Lipinski definition) is 10. The first kappa shape index (κ1) is 35.4. The van der Waals surface area contributed by atoms with Gasteiger partial charge in [-0.3, -0.25) is 4.90 Å². The minimum atomic E-state index is -2.77. The first-order valence-corrected chi connectivity index (χ1v) is 18.9. The van der Waals surface area contributed by atoms with Gasteiger partial charge in [0.1, 0.15) is 31.6 Å². The molecule has 6 atom stereocenters.